The first kappa shape index (κ1) is 97.5. The van der Waals surface area contributed by atoms with Gasteiger partial charge in [-0.3, -0.25) is 24.0 Å². The molecule has 22 nitrogen and oxygen atoms in total. The van der Waals surface area contributed by atoms with E-state index in [0.717, 1.165) is 191 Å². The molecule has 0 bridgehead atoms. The Kier molecular flexibility index (Phi) is 60.3. The molecule has 0 saturated carbocycles. The maximum Gasteiger partial charge on any atom is 0.280 e. The van der Waals surface area contributed by atoms with Gasteiger partial charge in [0.25, 0.3) is 5.91 Å². The zero-order valence-electron chi connectivity index (χ0n) is 67.5. The number of aryl methyl sites for hydroxylation is 3. The first-order valence-corrected chi connectivity index (χ1v) is 38.4. The van der Waals surface area contributed by atoms with E-state index in [1.54, 1.807) is 37.9 Å². The van der Waals surface area contributed by atoms with Crippen molar-refractivity contribution >= 4 is 17.2 Å². The Balaban J connectivity index is 0. The first-order chi connectivity index (χ1) is 47.3. The summed E-state index contributed by atoms with van der Waals surface area (Å²) in [6, 6.07) is 10.3. The third-order valence-corrected chi connectivity index (χ3v) is 14.9. The number of aliphatic hydroxyl groups is 2. The molecule has 0 aromatic carbocycles. The van der Waals surface area contributed by atoms with Crippen molar-refractivity contribution in [3.05, 3.63) is 100 Å². The van der Waals surface area contributed by atoms with Crippen LogP contribution >= 0.6 is 11.3 Å². The highest BCUT2D eigenvalue weighted by atomic mass is 32.1. The van der Waals surface area contributed by atoms with Gasteiger partial charge < -0.3 is 67.2 Å². The molecular weight excluding hydrogens is 1280 g/mol. The van der Waals surface area contributed by atoms with Crippen LogP contribution in [-0.4, -0.2) is 211 Å². The van der Waals surface area contributed by atoms with Crippen molar-refractivity contribution in [1.82, 2.24) is 87.3 Å². The molecule has 11 N–H and O–H groups in total. The van der Waals surface area contributed by atoms with Crippen molar-refractivity contribution < 1.29 is 24.2 Å². The topological polar surface area (TPSA) is 266 Å². The second-order valence-electron chi connectivity index (χ2n) is 30.3. The van der Waals surface area contributed by atoms with Gasteiger partial charge in [-0.2, -0.15) is 10.2 Å². The molecule has 5 aromatic rings. The van der Waals surface area contributed by atoms with E-state index in [9.17, 15) is 9.90 Å². The first-order valence-electron chi connectivity index (χ1n) is 37.5. The van der Waals surface area contributed by atoms with E-state index < -0.39 is 5.60 Å². The number of nitrogens with zero attached hydrogens (tertiary/aromatic N) is 8. The molecule has 0 aliphatic carbocycles. The fourth-order valence-corrected chi connectivity index (χ4v) is 9.50. The van der Waals surface area contributed by atoms with E-state index in [0.29, 0.717) is 41.8 Å². The largest absolute Gasteiger partial charge is 0.449 e. The lowest BCUT2D eigenvalue weighted by Gasteiger charge is -2.41. The average Bonchev–Trinajstić information content (AvgIpc) is 1.24. The number of rotatable bonds is 39. The molecule has 5 aromatic heterocycles. The maximum absolute atomic E-state index is 11.4. The predicted molar refractivity (Wildman–Crippen MR) is 423 cm³/mol. The number of hydrogen-bond acceptors (Lipinski definition) is 20. The number of morpholine rings is 1. The number of aromatic nitrogens is 7. The lowest BCUT2D eigenvalue weighted by atomic mass is 10.0. The minimum Gasteiger partial charge on any atom is -0.449 e. The quantitative estimate of drug-likeness (QED) is 0.0163. The Bertz CT molecular complexity index is 2480. The molecule has 0 atom stereocenters. The van der Waals surface area contributed by atoms with Crippen LogP contribution in [0.2, 0.25) is 0 Å². The minimum atomic E-state index is -0.575. The third kappa shape index (κ3) is 64.3. The van der Waals surface area contributed by atoms with Crippen LogP contribution in [0.3, 0.4) is 0 Å². The third-order valence-electron chi connectivity index (χ3n) is 14.1. The number of oxazole rings is 1. The highest BCUT2D eigenvalue weighted by Gasteiger charge is 2.27. The lowest BCUT2D eigenvalue weighted by molar-refractivity contribution is -0.00969. The fraction of sp³-hybridized carbons (Fsp3) is 0.766. The van der Waals surface area contributed by atoms with Crippen molar-refractivity contribution in [2.75, 3.05) is 144 Å². The number of ether oxygens (including phenoxy) is 1. The molecule has 6 rings (SSSR count). The van der Waals surface area contributed by atoms with Gasteiger partial charge in [0.15, 0.2) is 10.9 Å². The van der Waals surface area contributed by atoms with Gasteiger partial charge in [0.2, 0.25) is 0 Å². The molecule has 580 valence electrons. The maximum atomic E-state index is 11.4. The molecule has 100 heavy (non-hydrogen) atoms. The summed E-state index contributed by atoms with van der Waals surface area (Å²) >= 11 is 1.36. The zero-order valence-corrected chi connectivity index (χ0v) is 68.3. The Hall–Kier alpha value is -4.60. The highest BCUT2D eigenvalue weighted by Crippen LogP contribution is 2.15. The molecule has 1 aliphatic heterocycles. The second-order valence-corrected chi connectivity index (χ2v) is 31.2. The standard InChI is InChI=1S/C12H26N2O.C12H20N2.C11H21N3.C10H17N3OS.C9H17N3.C9H16N2O.C8H19NO.C6H15NO/c1-11(2)9-13-10-12(3,4)14-5-7-15-8-6-14;1-10(2)9-13-8-7-12-6-4-5-11(3)14-12;1-9(2)8-12-5-6-14-11(4)7-10(3)13-14;1-8(2)7-11-3-4-12-9(14)10-13-5-6-15-10;1-9(2)8-10-5-7-12-6-3-4-11-12;1-8(2)7-10-4-3-9-11-5-6-12-9;1-7(2)5-9-6-8(3,4)10;1-6(2)5-7-3-4-8/h11,13H,5-10H2,1-4H3;4-6,10,13H,7-9H2,1-3H3;7,9,12H,5-6,8H2,1-4H3;5-6,8,11H,3-4,7H2,1-2H3,(H,12,14);3-4,6,9-10H,5,7-8H2,1-2H3;5-6,8,10H,3-4,7H2,1-2H3;7,9-10H,5-6H2,1-4H3;6-8H,3-5H2,1-2H3. The summed E-state index contributed by atoms with van der Waals surface area (Å²) < 4.78 is 14.5. The van der Waals surface area contributed by atoms with Gasteiger partial charge in [0.05, 0.1) is 50.4 Å². The summed E-state index contributed by atoms with van der Waals surface area (Å²) in [5.74, 6) is 6.30. The number of hydrogen-bond donors (Lipinski definition) is 11. The molecule has 0 spiro atoms. The van der Waals surface area contributed by atoms with Crippen LogP contribution in [0.1, 0.15) is 177 Å². The molecule has 23 heteroatoms. The number of pyridine rings is 1. The van der Waals surface area contributed by atoms with E-state index in [1.165, 1.54) is 22.7 Å². The summed E-state index contributed by atoms with van der Waals surface area (Å²) in [6.45, 7) is 71.8. The van der Waals surface area contributed by atoms with Crippen molar-refractivity contribution in [2.24, 2.45) is 47.3 Å². The molecular formula is C77H151N17O5S. The number of carbonyl (C=O) groups excluding carboxylic acids is 1. The van der Waals surface area contributed by atoms with Crippen LogP contribution in [0, 0.1) is 68.1 Å². The number of aliphatic hydroxyl groups excluding tert-OH is 1. The van der Waals surface area contributed by atoms with Gasteiger partial charge in [-0.25, -0.2) is 9.97 Å². The zero-order chi connectivity index (χ0) is 75.6. The number of amides is 1. The summed E-state index contributed by atoms with van der Waals surface area (Å²) in [7, 11) is 0. The highest BCUT2D eigenvalue weighted by molar-refractivity contribution is 7.11. The van der Waals surface area contributed by atoms with Gasteiger partial charge >= 0.3 is 0 Å². The van der Waals surface area contributed by atoms with Crippen molar-refractivity contribution in [2.45, 2.75) is 196 Å². The summed E-state index contributed by atoms with van der Waals surface area (Å²) in [6.07, 6.45) is 10.6. The van der Waals surface area contributed by atoms with E-state index in [4.69, 9.17) is 14.3 Å². The fourth-order valence-electron chi connectivity index (χ4n) is 8.95. The van der Waals surface area contributed by atoms with Gasteiger partial charge in [0.1, 0.15) is 6.26 Å². The summed E-state index contributed by atoms with van der Waals surface area (Å²) in [5.41, 5.74) is 4.31. The molecule has 1 fully saturated rings. The second kappa shape index (κ2) is 61.8. The van der Waals surface area contributed by atoms with Crippen molar-refractivity contribution in [3.63, 3.8) is 0 Å². The smallest absolute Gasteiger partial charge is 0.280 e. The normalized spacial score (nSPS) is 12.4. The summed E-state index contributed by atoms with van der Waals surface area (Å²) in [5, 5.41) is 57.8. The van der Waals surface area contributed by atoms with Crippen LogP contribution in [0.5, 0.6) is 0 Å². The van der Waals surface area contributed by atoms with Gasteiger partial charge in [-0.15, -0.1) is 11.3 Å². The molecule has 0 radical (unpaired) electrons. The average molecular weight is 1430 g/mol. The molecule has 1 amide bonds. The van der Waals surface area contributed by atoms with Crippen LogP contribution in [0.4, 0.5) is 0 Å². The van der Waals surface area contributed by atoms with Crippen LogP contribution in [-0.2, 0) is 30.7 Å². The summed E-state index contributed by atoms with van der Waals surface area (Å²) in [4.78, 5) is 26.3. The van der Waals surface area contributed by atoms with Crippen molar-refractivity contribution in [1.29, 1.82) is 0 Å². The number of carbonyl (C=O) groups is 1. The Morgan fingerprint density at radius 3 is 1.52 bits per heavy atom. The monoisotopic (exact) mass is 1430 g/mol. The molecule has 0 unspecified atom stereocenters. The molecule has 1 saturated heterocycles. The van der Waals surface area contributed by atoms with Gasteiger partial charge in [-0.05, 0) is 172 Å². The Labute approximate surface area is 613 Å². The van der Waals surface area contributed by atoms with Gasteiger partial charge in [0, 0.05) is 131 Å². The molecule has 6 heterocycles. The Morgan fingerprint density at radius 1 is 0.570 bits per heavy atom. The molecule has 1 aliphatic rings. The van der Waals surface area contributed by atoms with E-state index >= 15 is 0 Å². The van der Waals surface area contributed by atoms with E-state index in [-0.39, 0.29) is 18.1 Å². The van der Waals surface area contributed by atoms with Crippen LogP contribution in [0.15, 0.2) is 71.2 Å². The lowest BCUT2D eigenvalue weighted by Crippen LogP contribution is -2.54. The number of thiazole rings is 1. The van der Waals surface area contributed by atoms with Crippen molar-refractivity contribution in [3.8, 4) is 0 Å². The van der Waals surface area contributed by atoms with E-state index in [2.05, 4.69) is 232 Å². The number of nitrogens with one attached hydrogen (secondary N) is 9. The SMILES string of the molecule is CC(C)CNCC(C)(C)N1CCOCC1.CC(C)CNCC(C)(C)O.CC(C)CNCCNC(=O)c1nccs1.CC(C)CNCCO.CC(C)CNCCc1ncco1.CC(C)CNCCn1cccn1.Cc1cc(C)n(CCNCC(C)C)n1.Cc1cccc(CCNCC(C)C)n1. The van der Waals surface area contributed by atoms with Crippen LogP contribution in [0.25, 0.3) is 0 Å². The van der Waals surface area contributed by atoms with Crippen LogP contribution < -0.4 is 47.9 Å². The minimum absolute atomic E-state index is 0.0867. The van der Waals surface area contributed by atoms with Gasteiger partial charge in [-0.1, -0.05) is 117 Å². The predicted octanol–water partition coefficient (Wildman–Crippen LogP) is 10.2. The van der Waals surface area contributed by atoms with E-state index in [1.807, 2.05) is 43.1 Å². The Morgan fingerprint density at radius 2 is 1.07 bits per heavy atom.